The van der Waals surface area contributed by atoms with Crippen LogP contribution in [0, 0.1) is 5.82 Å². The summed E-state index contributed by atoms with van der Waals surface area (Å²) in [6.45, 7) is 4.00. The first kappa shape index (κ1) is 15.1. The van der Waals surface area contributed by atoms with Gasteiger partial charge in [0.15, 0.2) is 0 Å². The molecule has 1 rings (SSSR count). The summed E-state index contributed by atoms with van der Waals surface area (Å²) in [7, 11) is -1.81. The maximum absolute atomic E-state index is 13.2. The maximum atomic E-state index is 13.2. The van der Waals surface area contributed by atoms with Crippen LogP contribution in [-0.2, 0) is 16.1 Å². The van der Waals surface area contributed by atoms with E-state index in [1.165, 1.54) is 12.1 Å². The molecular formula is C12H18BFO4. The minimum Gasteiger partial charge on any atom is -0.423 e. The van der Waals surface area contributed by atoms with Crippen LogP contribution in [0.2, 0.25) is 0 Å². The number of halogens is 1. The van der Waals surface area contributed by atoms with Gasteiger partial charge in [-0.3, -0.25) is 0 Å². The van der Waals surface area contributed by atoms with Crippen molar-refractivity contribution < 1.29 is 23.9 Å². The normalized spacial score (nSPS) is 10.7. The van der Waals surface area contributed by atoms with Crippen LogP contribution >= 0.6 is 0 Å². The fourth-order valence-corrected chi connectivity index (χ4v) is 1.44. The van der Waals surface area contributed by atoms with Gasteiger partial charge < -0.3 is 19.5 Å². The Morgan fingerprint density at radius 2 is 1.89 bits per heavy atom. The van der Waals surface area contributed by atoms with Crippen LogP contribution in [0.15, 0.2) is 18.2 Å². The van der Waals surface area contributed by atoms with Crippen LogP contribution in [0.4, 0.5) is 4.39 Å². The average Bonchev–Trinajstić information content (AvgIpc) is 2.35. The van der Waals surface area contributed by atoms with Crippen LogP contribution in [0.1, 0.15) is 18.9 Å². The Morgan fingerprint density at radius 1 is 1.17 bits per heavy atom. The molecule has 0 heterocycles. The topological polar surface area (TPSA) is 58.9 Å². The van der Waals surface area contributed by atoms with Crippen molar-refractivity contribution in [2.24, 2.45) is 0 Å². The van der Waals surface area contributed by atoms with Gasteiger partial charge in [0.2, 0.25) is 0 Å². The van der Waals surface area contributed by atoms with E-state index >= 15 is 0 Å². The van der Waals surface area contributed by atoms with Crippen molar-refractivity contribution in [3.8, 4) is 0 Å². The summed E-state index contributed by atoms with van der Waals surface area (Å²) < 4.78 is 23.7. The summed E-state index contributed by atoms with van der Waals surface area (Å²) in [5.41, 5.74) is 0.549. The van der Waals surface area contributed by atoms with E-state index in [1.807, 2.05) is 6.92 Å². The lowest BCUT2D eigenvalue weighted by molar-refractivity contribution is 0.0408. The largest absolute Gasteiger partial charge is 0.491 e. The summed E-state index contributed by atoms with van der Waals surface area (Å²) in [6.07, 6.45) is 0.968. The Balaban J connectivity index is 2.36. The van der Waals surface area contributed by atoms with E-state index in [2.05, 4.69) is 0 Å². The highest BCUT2D eigenvalue weighted by Gasteiger charge is 2.16. The van der Waals surface area contributed by atoms with Crippen molar-refractivity contribution in [3.63, 3.8) is 0 Å². The van der Waals surface area contributed by atoms with Gasteiger partial charge in [-0.25, -0.2) is 4.39 Å². The summed E-state index contributed by atoms with van der Waals surface area (Å²) in [6, 6.07) is 4.13. The van der Waals surface area contributed by atoms with Gasteiger partial charge in [0.1, 0.15) is 5.82 Å². The van der Waals surface area contributed by atoms with E-state index in [0.29, 0.717) is 25.4 Å². The summed E-state index contributed by atoms with van der Waals surface area (Å²) in [5, 5.41) is 17.9. The van der Waals surface area contributed by atoms with Gasteiger partial charge in [-0.05, 0) is 18.1 Å². The van der Waals surface area contributed by atoms with Crippen molar-refractivity contribution in [1.29, 1.82) is 0 Å². The lowest BCUT2D eigenvalue weighted by atomic mass is 9.79. The molecule has 100 valence electrons. The standard InChI is InChI=1S/C12H18BFO4/c1-2-5-17-6-7-18-9-10-3-4-12(14)11(8-10)13(15)16/h3-4,8,15-16H,2,5-7,9H2,1H3. The number of hydrogen-bond donors (Lipinski definition) is 2. The molecule has 2 N–H and O–H groups in total. The zero-order chi connectivity index (χ0) is 13.4. The van der Waals surface area contributed by atoms with Gasteiger partial charge in [-0.1, -0.05) is 19.1 Å². The Kier molecular flexibility index (Phi) is 6.89. The van der Waals surface area contributed by atoms with Crippen LogP contribution < -0.4 is 5.46 Å². The van der Waals surface area contributed by atoms with Crippen LogP contribution in [0.3, 0.4) is 0 Å². The SMILES string of the molecule is CCCOCCOCc1ccc(F)c(B(O)O)c1. The van der Waals surface area contributed by atoms with Gasteiger partial charge in [-0.2, -0.15) is 0 Å². The molecule has 0 bridgehead atoms. The Bertz CT molecular complexity index is 360. The maximum Gasteiger partial charge on any atom is 0.491 e. The quantitative estimate of drug-likeness (QED) is 0.523. The molecule has 0 aliphatic carbocycles. The molecule has 0 atom stereocenters. The molecule has 1 aromatic rings. The van der Waals surface area contributed by atoms with E-state index in [9.17, 15) is 4.39 Å². The fourth-order valence-electron chi connectivity index (χ4n) is 1.44. The molecule has 0 amide bonds. The molecule has 0 radical (unpaired) electrons. The molecule has 0 aromatic heterocycles. The van der Waals surface area contributed by atoms with Crippen LogP contribution in [0.5, 0.6) is 0 Å². The molecule has 4 nitrogen and oxygen atoms in total. The third-order valence-electron chi connectivity index (χ3n) is 2.33. The predicted octanol–water partition coefficient (Wildman–Crippen LogP) is 0.449. The zero-order valence-electron chi connectivity index (χ0n) is 10.4. The average molecular weight is 256 g/mol. The highest BCUT2D eigenvalue weighted by molar-refractivity contribution is 6.58. The van der Waals surface area contributed by atoms with Crippen molar-refractivity contribution in [2.45, 2.75) is 20.0 Å². The van der Waals surface area contributed by atoms with Gasteiger partial charge in [0.05, 0.1) is 19.8 Å². The molecule has 0 saturated heterocycles. The fraction of sp³-hybridized carbons (Fsp3) is 0.500. The molecule has 6 heteroatoms. The lowest BCUT2D eigenvalue weighted by Crippen LogP contribution is -2.33. The first-order valence-electron chi connectivity index (χ1n) is 5.95. The third-order valence-corrected chi connectivity index (χ3v) is 2.33. The molecule has 0 unspecified atom stereocenters. The second-order valence-electron chi connectivity index (χ2n) is 3.89. The molecule has 1 aromatic carbocycles. The molecule has 18 heavy (non-hydrogen) atoms. The second kappa shape index (κ2) is 8.21. The number of rotatable bonds is 8. The number of hydrogen-bond acceptors (Lipinski definition) is 4. The van der Waals surface area contributed by atoms with E-state index < -0.39 is 12.9 Å². The number of benzene rings is 1. The highest BCUT2D eigenvalue weighted by atomic mass is 19.1. The van der Waals surface area contributed by atoms with E-state index in [-0.39, 0.29) is 12.1 Å². The molecular weight excluding hydrogens is 238 g/mol. The minimum absolute atomic E-state index is 0.140. The van der Waals surface area contributed by atoms with Crippen molar-refractivity contribution in [3.05, 3.63) is 29.6 Å². The second-order valence-corrected chi connectivity index (χ2v) is 3.89. The smallest absolute Gasteiger partial charge is 0.423 e. The van der Waals surface area contributed by atoms with Gasteiger partial charge in [-0.15, -0.1) is 0 Å². The highest BCUT2D eigenvalue weighted by Crippen LogP contribution is 2.03. The number of ether oxygens (including phenoxy) is 2. The van der Waals surface area contributed by atoms with Crippen molar-refractivity contribution in [2.75, 3.05) is 19.8 Å². The molecule has 0 aliphatic heterocycles. The van der Waals surface area contributed by atoms with Gasteiger partial charge in [0.25, 0.3) is 0 Å². The Labute approximate surface area is 106 Å². The predicted molar refractivity (Wildman–Crippen MR) is 67.0 cm³/mol. The molecule has 0 spiro atoms. The summed E-state index contributed by atoms with van der Waals surface area (Å²) in [4.78, 5) is 0. The minimum atomic E-state index is -1.81. The summed E-state index contributed by atoms with van der Waals surface area (Å²) >= 11 is 0. The van der Waals surface area contributed by atoms with Crippen LogP contribution in [-0.4, -0.2) is 37.0 Å². The monoisotopic (exact) mass is 256 g/mol. The zero-order valence-corrected chi connectivity index (χ0v) is 10.4. The lowest BCUT2D eigenvalue weighted by Gasteiger charge is -2.07. The molecule has 0 aliphatic rings. The third kappa shape index (κ3) is 5.14. The first-order chi connectivity index (χ1) is 8.65. The van der Waals surface area contributed by atoms with Crippen LogP contribution in [0.25, 0.3) is 0 Å². The Hall–Kier alpha value is -0.945. The van der Waals surface area contributed by atoms with Gasteiger partial charge in [0, 0.05) is 12.1 Å². The van der Waals surface area contributed by atoms with E-state index in [4.69, 9.17) is 19.5 Å². The van der Waals surface area contributed by atoms with E-state index in [0.717, 1.165) is 6.42 Å². The first-order valence-corrected chi connectivity index (χ1v) is 5.95. The van der Waals surface area contributed by atoms with Crippen molar-refractivity contribution >= 4 is 12.6 Å². The molecule has 0 fully saturated rings. The summed E-state index contributed by atoms with van der Waals surface area (Å²) in [5.74, 6) is -0.639. The van der Waals surface area contributed by atoms with Crippen molar-refractivity contribution in [1.82, 2.24) is 0 Å². The van der Waals surface area contributed by atoms with E-state index in [1.54, 1.807) is 6.07 Å². The molecule has 0 saturated carbocycles. The van der Waals surface area contributed by atoms with Gasteiger partial charge >= 0.3 is 7.12 Å². The Morgan fingerprint density at radius 3 is 2.56 bits per heavy atom.